The molecule has 0 saturated heterocycles. The van der Waals surface area contributed by atoms with Crippen molar-refractivity contribution in [3.05, 3.63) is 97.9 Å². The molecule has 2 amide bonds. The number of amides is 2. The van der Waals surface area contributed by atoms with Gasteiger partial charge >= 0.3 is 0 Å². The van der Waals surface area contributed by atoms with E-state index in [-0.39, 0.29) is 25.0 Å². The second-order valence-electron chi connectivity index (χ2n) is 9.87. The maximum Gasteiger partial charge on any atom is 0.261 e. The Hall–Kier alpha value is -2.54. The van der Waals surface area contributed by atoms with E-state index in [4.69, 9.17) is 27.9 Å². The van der Waals surface area contributed by atoms with Crippen LogP contribution in [0.5, 0.6) is 5.75 Å². The average Bonchev–Trinajstić information content (AvgIpc) is 2.83. The van der Waals surface area contributed by atoms with Gasteiger partial charge in [0.05, 0.1) is 0 Å². The molecule has 0 spiro atoms. The monoisotopic (exact) mass is 604 g/mol. The van der Waals surface area contributed by atoms with Crippen LogP contribution in [0.25, 0.3) is 0 Å². The van der Waals surface area contributed by atoms with E-state index >= 15 is 0 Å². The molecule has 3 rings (SSSR count). The summed E-state index contributed by atoms with van der Waals surface area (Å²) in [6.07, 6.45) is 0.313. The number of aryl methyl sites for hydroxylation is 1. The van der Waals surface area contributed by atoms with Crippen LogP contribution in [-0.2, 0) is 22.6 Å². The second-order valence-corrected chi connectivity index (χ2v) is 11.5. The van der Waals surface area contributed by atoms with Crippen LogP contribution in [0.3, 0.4) is 0 Å². The summed E-state index contributed by atoms with van der Waals surface area (Å²) in [4.78, 5) is 28.8. The summed E-state index contributed by atoms with van der Waals surface area (Å²) in [7, 11) is 0. The molecule has 0 aromatic heterocycles. The highest BCUT2D eigenvalue weighted by molar-refractivity contribution is 9.10. The maximum absolute atomic E-state index is 13.7. The van der Waals surface area contributed by atoms with Gasteiger partial charge in [0.2, 0.25) is 5.91 Å². The van der Waals surface area contributed by atoms with Crippen LogP contribution in [0.2, 0.25) is 10.0 Å². The molecule has 0 fully saturated rings. The van der Waals surface area contributed by atoms with Gasteiger partial charge in [-0.25, -0.2) is 0 Å². The summed E-state index contributed by atoms with van der Waals surface area (Å²) in [5.74, 6) is -0.0718. The van der Waals surface area contributed by atoms with Gasteiger partial charge in [-0.05, 0) is 69.2 Å². The second kappa shape index (κ2) is 12.8. The zero-order valence-corrected chi connectivity index (χ0v) is 24.5. The summed E-state index contributed by atoms with van der Waals surface area (Å²) in [5.41, 5.74) is 1.98. The van der Waals surface area contributed by atoms with Crippen molar-refractivity contribution >= 4 is 50.9 Å². The number of carbonyl (C=O) groups is 2. The Kier molecular flexibility index (Phi) is 10.0. The largest absolute Gasteiger partial charge is 0.484 e. The first-order valence-corrected chi connectivity index (χ1v) is 13.5. The number of nitrogens with zero attached hydrogens (tertiary/aromatic N) is 1. The van der Waals surface area contributed by atoms with Crippen molar-refractivity contribution in [1.29, 1.82) is 0 Å². The number of carbonyl (C=O) groups excluding carboxylic acids is 2. The molecular weight excluding hydrogens is 575 g/mol. The van der Waals surface area contributed by atoms with E-state index in [1.165, 1.54) is 4.90 Å². The Labute approximate surface area is 237 Å². The van der Waals surface area contributed by atoms with Crippen molar-refractivity contribution < 1.29 is 14.3 Å². The number of halogens is 3. The quantitative estimate of drug-likeness (QED) is 0.286. The standard InChI is InChI=1S/C29H31BrCl2N2O3/c1-19-15-21(13-14-23(19)30)37-18-27(35)34(17-22-24(31)11-8-12-25(22)32)26(28(36)33-29(2,3)4)16-20-9-6-5-7-10-20/h5-15,26H,16-18H2,1-4H3,(H,33,36)/t26-/m1/s1. The highest BCUT2D eigenvalue weighted by atomic mass is 79.9. The molecule has 1 atom stereocenters. The topological polar surface area (TPSA) is 58.6 Å². The third kappa shape index (κ3) is 8.49. The van der Waals surface area contributed by atoms with Gasteiger partial charge in [-0.2, -0.15) is 0 Å². The summed E-state index contributed by atoms with van der Waals surface area (Å²) < 4.78 is 6.80. The molecule has 1 N–H and O–H groups in total. The Balaban J connectivity index is 1.98. The highest BCUT2D eigenvalue weighted by Crippen LogP contribution is 2.28. The molecule has 3 aromatic rings. The summed E-state index contributed by atoms with van der Waals surface area (Å²) in [5, 5.41) is 3.87. The molecule has 0 saturated carbocycles. The smallest absolute Gasteiger partial charge is 0.261 e. The highest BCUT2D eigenvalue weighted by Gasteiger charge is 2.33. The molecule has 3 aromatic carbocycles. The first-order chi connectivity index (χ1) is 17.4. The Morgan fingerprint density at radius 1 is 1.00 bits per heavy atom. The molecule has 0 bridgehead atoms. The fourth-order valence-electron chi connectivity index (χ4n) is 3.80. The van der Waals surface area contributed by atoms with Gasteiger partial charge in [0.25, 0.3) is 5.91 Å². The van der Waals surface area contributed by atoms with Crippen molar-refractivity contribution in [1.82, 2.24) is 10.2 Å². The van der Waals surface area contributed by atoms with Crippen LogP contribution >= 0.6 is 39.1 Å². The Bertz CT molecular complexity index is 1230. The van der Waals surface area contributed by atoms with E-state index in [1.54, 1.807) is 24.3 Å². The molecule has 8 heteroatoms. The molecule has 0 heterocycles. The summed E-state index contributed by atoms with van der Waals surface area (Å²) in [6.45, 7) is 7.45. The average molecular weight is 606 g/mol. The lowest BCUT2D eigenvalue weighted by molar-refractivity contribution is -0.143. The molecule has 5 nitrogen and oxygen atoms in total. The minimum atomic E-state index is -0.822. The van der Waals surface area contributed by atoms with Crippen LogP contribution in [-0.4, -0.2) is 34.9 Å². The predicted octanol–water partition coefficient (Wildman–Crippen LogP) is 7.00. The van der Waals surface area contributed by atoms with Crippen LogP contribution in [0, 0.1) is 6.92 Å². The molecule has 0 aliphatic carbocycles. The minimum absolute atomic E-state index is 0.0507. The first-order valence-electron chi connectivity index (χ1n) is 11.9. The van der Waals surface area contributed by atoms with Gasteiger partial charge in [-0.3, -0.25) is 9.59 Å². The molecular formula is C29H31BrCl2N2O3. The molecule has 0 aliphatic rings. The van der Waals surface area contributed by atoms with E-state index in [2.05, 4.69) is 21.2 Å². The van der Waals surface area contributed by atoms with Crippen molar-refractivity contribution in [2.45, 2.75) is 52.2 Å². The van der Waals surface area contributed by atoms with Gasteiger partial charge in [-0.1, -0.05) is 75.5 Å². The SMILES string of the molecule is Cc1cc(OCC(=O)N(Cc2c(Cl)cccc2Cl)[C@H](Cc2ccccc2)C(=O)NC(C)(C)C)ccc1Br. The summed E-state index contributed by atoms with van der Waals surface area (Å²) in [6, 6.07) is 19.4. The van der Waals surface area contributed by atoms with Crippen LogP contribution in [0.1, 0.15) is 37.5 Å². The number of hydrogen-bond donors (Lipinski definition) is 1. The Morgan fingerprint density at radius 3 is 2.24 bits per heavy atom. The Morgan fingerprint density at radius 2 is 1.65 bits per heavy atom. The lowest BCUT2D eigenvalue weighted by Crippen LogP contribution is -2.55. The van der Waals surface area contributed by atoms with E-state index in [0.717, 1.165) is 15.6 Å². The van der Waals surface area contributed by atoms with Crippen LogP contribution in [0.4, 0.5) is 0 Å². The van der Waals surface area contributed by atoms with Crippen molar-refractivity contribution in [3.8, 4) is 5.75 Å². The van der Waals surface area contributed by atoms with Gasteiger partial charge in [0.15, 0.2) is 6.61 Å². The molecule has 0 radical (unpaired) electrons. The first kappa shape index (κ1) is 29.0. The molecule has 0 unspecified atom stereocenters. The third-order valence-corrected chi connectivity index (χ3v) is 7.25. The van der Waals surface area contributed by atoms with Gasteiger partial charge in [0, 0.05) is 38.6 Å². The number of nitrogens with one attached hydrogen (secondary N) is 1. The van der Waals surface area contributed by atoms with Crippen molar-refractivity contribution in [2.24, 2.45) is 0 Å². The molecule has 37 heavy (non-hydrogen) atoms. The zero-order chi connectivity index (χ0) is 27.2. The van der Waals surface area contributed by atoms with E-state index < -0.39 is 11.6 Å². The normalized spacial score (nSPS) is 12.1. The zero-order valence-electron chi connectivity index (χ0n) is 21.4. The third-order valence-electron chi connectivity index (χ3n) is 5.65. The number of ether oxygens (including phenoxy) is 1. The lowest BCUT2D eigenvalue weighted by atomic mass is 10.0. The molecule has 196 valence electrons. The number of benzene rings is 3. The van der Waals surface area contributed by atoms with E-state index in [1.807, 2.05) is 70.2 Å². The van der Waals surface area contributed by atoms with Crippen molar-refractivity contribution in [2.75, 3.05) is 6.61 Å². The minimum Gasteiger partial charge on any atom is -0.484 e. The van der Waals surface area contributed by atoms with Gasteiger partial charge < -0.3 is 15.0 Å². The lowest BCUT2D eigenvalue weighted by Gasteiger charge is -2.34. The molecule has 0 aliphatic heterocycles. The summed E-state index contributed by atoms with van der Waals surface area (Å²) >= 11 is 16.4. The van der Waals surface area contributed by atoms with Gasteiger partial charge in [0.1, 0.15) is 11.8 Å². The number of hydrogen-bond acceptors (Lipinski definition) is 3. The maximum atomic E-state index is 13.7. The fourth-order valence-corrected chi connectivity index (χ4v) is 4.56. The van der Waals surface area contributed by atoms with Crippen LogP contribution < -0.4 is 10.1 Å². The van der Waals surface area contributed by atoms with Gasteiger partial charge in [-0.15, -0.1) is 0 Å². The fraction of sp³-hybridized carbons (Fsp3) is 0.310. The van der Waals surface area contributed by atoms with E-state index in [0.29, 0.717) is 27.8 Å². The van der Waals surface area contributed by atoms with E-state index in [9.17, 15) is 9.59 Å². The van der Waals surface area contributed by atoms with Crippen molar-refractivity contribution in [3.63, 3.8) is 0 Å². The number of rotatable bonds is 9. The predicted molar refractivity (Wildman–Crippen MR) is 153 cm³/mol. The van der Waals surface area contributed by atoms with Crippen LogP contribution in [0.15, 0.2) is 71.2 Å².